The fourth-order valence-electron chi connectivity index (χ4n) is 2.06. The van der Waals surface area contributed by atoms with Gasteiger partial charge in [-0.1, -0.05) is 11.6 Å². The molecule has 0 saturated heterocycles. The van der Waals surface area contributed by atoms with E-state index in [1.165, 1.54) is 18.9 Å². The molecule has 2 rings (SSSR count). The maximum Gasteiger partial charge on any atom is 0.288 e. The van der Waals surface area contributed by atoms with Crippen LogP contribution in [0.4, 0.5) is 11.4 Å². The zero-order chi connectivity index (χ0) is 14.0. The van der Waals surface area contributed by atoms with Gasteiger partial charge in [0, 0.05) is 30.9 Å². The summed E-state index contributed by atoms with van der Waals surface area (Å²) in [5, 5.41) is 14.2. The van der Waals surface area contributed by atoms with Crippen LogP contribution >= 0.6 is 11.6 Å². The molecule has 0 heterocycles. The second-order valence-electron chi connectivity index (χ2n) is 5.01. The number of likely N-dealkylation sites (N-methyl/N-ethyl adjacent to an activating group) is 1. The predicted octanol–water partition coefficient (Wildman–Crippen LogP) is 3.06. The molecule has 1 aromatic rings. The van der Waals surface area contributed by atoms with E-state index >= 15 is 0 Å². The fraction of sp³-hybridized carbons (Fsp3) is 0.538. The third kappa shape index (κ3) is 3.58. The van der Waals surface area contributed by atoms with Crippen molar-refractivity contribution in [1.82, 2.24) is 4.90 Å². The number of anilines is 1. The molecule has 1 aliphatic carbocycles. The van der Waals surface area contributed by atoms with Gasteiger partial charge in [-0.05, 0) is 38.4 Å². The number of nitrogens with one attached hydrogen (secondary N) is 1. The highest BCUT2D eigenvalue weighted by atomic mass is 35.5. The Labute approximate surface area is 117 Å². The van der Waals surface area contributed by atoms with Gasteiger partial charge in [0.1, 0.15) is 5.02 Å². The normalized spacial score (nSPS) is 14.7. The summed E-state index contributed by atoms with van der Waals surface area (Å²) in [5.74, 6) is 0. The number of nitro benzene ring substituents is 1. The molecule has 104 valence electrons. The van der Waals surface area contributed by atoms with Crippen molar-refractivity contribution < 1.29 is 4.92 Å². The van der Waals surface area contributed by atoms with Crippen molar-refractivity contribution >= 4 is 23.0 Å². The van der Waals surface area contributed by atoms with Crippen molar-refractivity contribution in [2.45, 2.75) is 25.8 Å². The van der Waals surface area contributed by atoms with Crippen LogP contribution in [-0.4, -0.2) is 36.0 Å². The molecule has 1 saturated carbocycles. The molecule has 5 nitrogen and oxygen atoms in total. The number of nitro groups is 1. The van der Waals surface area contributed by atoms with Gasteiger partial charge in [0.25, 0.3) is 5.69 Å². The van der Waals surface area contributed by atoms with E-state index in [2.05, 4.69) is 17.3 Å². The fourth-order valence-corrected chi connectivity index (χ4v) is 2.29. The first-order valence-corrected chi connectivity index (χ1v) is 6.75. The minimum Gasteiger partial charge on any atom is -0.383 e. The monoisotopic (exact) mass is 283 g/mol. The van der Waals surface area contributed by atoms with Crippen molar-refractivity contribution in [2.75, 3.05) is 25.5 Å². The van der Waals surface area contributed by atoms with Crippen molar-refractivity contribution in [3.05, 3.63) is 32.8 Å². The Kier molecular flexibility index (Phi) is 4.27. The smallest absolute Gasteiger partial charge is 0.288 e. The van der Waals surface area contributed by atoms with E-state index < -0.39 is 4.92 Å². The Morgan fingerprint density at radius 3 is 2.79 bits per heavy atom. The molecule has 1 N–H and O–H groups in total. The first-order valence-electron chi connectivity index (χ1n) is 6.37. The molecule has 1 fully saturated rings. The molecule has 0 aliphatic heterocycles. The summed E-state index contributed by atoms with van der Waals surface area (Å²) >= 11 is 5.91. The average Bonchev–Trinajstić information content (AvgIpc) is 3.16. The highest BCUT2D eigenvalue weighted by Gasteiger charge is 2.25. The highest BCUT2D eigenvalue weighted by molar-refractivity contribution is 6.33. The van der Waals surface area contributed by atoms with E-state index in [1.807, 2.05) is 6.92 Å². The zero-order valence-electron chi connectivity index (χ0n) is 11.1. The van der Waals surface area contributed by atoms with E-state index in [1.54, 1.807) is 6.07 Å². The molecule has 1 aliphatic rings. The molecular weight excluding hydrogens is 266 g/mol. The van der Waals surface area contributed by atoms with Gasteiger partial charge in [-0.2, -0.15) is 0 Å². The lowest BCUT2D eigenvalue weighted by Crippen LogP contribution is -2.27. The Morgan fingerprint density at radius 1 is 1.53 bits per heavy atom. The van der Waals surface area contributed by atoms with Crippen molar-refractivity contribution in [3.8, 4) is 0 Å². The molecule has 0 atom stereocenters. The largest absolute Gasteiger partial charge is 0.383 e. The van der Waals surface area contributed by atoms with E-state index in [0.29, 0.717) is 0 Å². The number of aryl methyl sites for hydroxylation is 1. The summed E-state index contributed by atoms with van der Waals surface area (Å²) in [7, 11) is 2.12. The zero-order valence-corrected chi connectivity index (χ0v) is 11.9. The Morgan fingerprint density at radius 2 is 2.21 bits per heavy atom. The molecule has 1 aromatic carbocycles. The van der Waals surface area contributed by atoms with E-state index in [4.69, 9.17) is 11.6 Å². The van der Waals surface area contributed by atoms with E-state index in [0.717, 1.165) is 30.4 Å². The van der Waals surface area contributed by atoms with Crippen LogP contribution in [0.5, 0.6) is 0 Å². The van der Waals surface area contributed by atoms with Gasteiger partial charge < -0.3 is 10.2 Å². The molecule has 19 heavy (non-hydrogen) atoms. The lowest BCUT2D eigenvalue weighted by molar-refractivity contribution is -0.384. The maximum absolute atomic E-state index is 10.8. The quantitative estimate of drug-likeness (QED) is 0.644. The van der Waals surface area contributed by atoms with Gasteiger partial charge in [0.05, 0.1) is 4.92 Å². The average molecular weight is 284 g/mol. The van der Waals surface area contributed by atoms with Gasteiger partial charge in [-0.25, -0.2) is 0 Å². The lowest BCUT2D eigenvalue weighted by atomic mass is 10.2. The van der Waals surface area contributed by atoms with Gasteiger partial charge >= 0.3 is 0 Å². The second-order valence-corrected chi connectivity index (χ2v) is 5.42. The molecule has 0 unspecified atom stereocenters. The number of nitrogens with zero attached hydrogens (tertiary/aromatic N) is 2. The summed E-state index contributed by atoms with van der Waals surface area (Å²) in [6.45, 7) is 3.61. The summed E-state index contributed by atoms with van der Waals surface area (Å²) < 4.78 is 0. The van der Waals surface area contributed by atoms with Crippen molar-refractivity contribution in [3.63, 3.8) is 0 Å². The Bertz CT molecular complexity index is 489. The van der Waals surface area contributed by atoms with Crippen LogP contribution in [0.3, 0.4) is 0 Å². The number of halogens is 1. The number of hydrogen-bond acceptors (Lipinski definition) is 4. The van der Waals surface area contributed by atoms with Gasteiger partial charge in [-0.15, -0.1) is 0 Å². The molecule has 0 spiro atoms. The predicted molar refractivity (Wildman–Crippen MR) is 77.0 cm³/mol. The highest BCUT2D eigenvalue weighted by Crippen LogP contribution is 2.30. The topological polar surface area (TPSA) is 58.4 Å². The van der Waals surface area contributed by atoms with Crippen molar-refractivity contribution in [1.29, 1.82) is 0 Å². The summed E-state index contributed by atoms with van der Waals surface area (Å²) in [6, 6.07) is 3.88. The first-order chi connectivity index (χ1) is 8.99. The molecule has 0 bridgehead atoms. The first kappa shape index (κ1) is 14.1. The molecule has 0 amide bonds. The third-order valence-corrected chi connectivity index (χ3v) is 3.74. The molecule has 6 heteroatoms. The Balaban J connectivity index is 1.96. The van der Waals surface area contributed by atoms with Crippen LogP contribution < -0.4 is 5.32 Å². The third-order valence-electron chi connectivity index (χ3n) is 3.44. The van der Waals surface area contributed by atoms with Crippen LogP contribution in [0.1, 0.15) is 18.4 Å². The van der Waals surface area contributed by atoms with Gasteiger partial charge in [0.2, 0.25) is 0 Å². The van der Waals surface area contributed by atoms with Crippen molar-refractivity contribution in [2.24, 2.45) is 0 Å². The van der Waals surface area contributed by atoms with Gasteiger partial charge in [-0.3, -0.25) is 10.1 Å². The lowest BCUT2D eigenvalue weighted by Gasteiger charge is -2.17. The van der Waals surface area contributed by atoms with Crippen LogP contribution in [0.2, 0.25) is 5.02 Å². The number of hydrogen-bond donors (Lipinski definition) is 1. The molecular formula is C13H18ClN3O2. The number of rotatable bonds is 6. The standard InChI is InChI=1S/C13H18ClN3O2/c1-9-7-13(17(18)19)11(14)8-12(9)15-5-6-16(2)10-3-4-10/h7-8,10,15H,3-6H2,1-2H3. The summed E-state index contributed by atoms with van der Waals surface area (Å²) in [6.07, 6.45) is 2.58. The maximum atomic E-state index is 10.8. The van der Waals surface area contributed by atoms with Crippen LogP contribution in [0.25, 0.3) is 0 Å². The summed E-state index contributed by atoms with van der Waals surface area (Å²) in [4.78, 5) is 12.6. The minimum absolute atomic E-state index is 0.0418. The summed E-state index contributed by atoms with van der Waals surface area (Å²) in [5.41, 5.74) is 1.66. The van der Waals surface area contributed by atoms with E-state index in [9.17, 15) is 10.1 Å². The molecule has 0 radical (unpaired) electrons. The Hall–Kier alpha value is -1.33. The van der Waals surface area contributed by atoms with Crippen LogP contribution in [-0.2, 0) is 0 Å². The van der Waals surface area contributed by atoms with Gasteiger partial charge in [0.15, 0.2) is 0 Å². The minimum atomic E-state index is -0.458. The van der Waals surface area contributed by atoms with Crippen LogP contribution in [0, 0.1) is 17.0 Å². The molecule has 0 aromatic heterocycles. The SMILES string of the molecule is Cc1cc([N+](=O)[O-])c(Cl)cc1NCCN(C)C1CC1. The number of benzene rings is 1. The van der Waals surface area contributed by atoms with E-state index in [-0.39, 0.29) is 10.7 Å². The van der Waals surface area contributed by atoms with Crippen LogP contribution in [0.15, 0.2) is 12.1 Å². The second kappa shape index (κ2) is 5.75.